The van der Waals surface area contributed by atoms with E-state index in [1.54, 1.807) is 6.20 Å². The summed E-state index contributed by atoms with van der Waals surface area (Å²) in [4.78, 5) is 16.4. The number of anilines is 1. The van der Waals surface area contributed by atoms with E-state index >= 15 is 0 Å². The molecule has 1 unspecified atom stereocenters. The second kappa shape index (κ2) is 7.29. The molecule has 2 rings (SSSR count). The molecule has 0 bridgehead atoms. The van der Waals surface area contributed by atoms with Crippen molar-refractivity contribution in [3.8, 4) is 5.88 Å². The van der Waals surface area contributed by atoms with Gasteiger partial charge in [0, 0.05) is 12.2 Å². The molecule has 2 N–H and O–H groups in total. The number of pyridine rings is 1. The summed E-state index contributed by atoms with van der Waals surface area (Å²) in [6.45, 7) is 5.76. The molecule has 1 atom stereocenters. The number of ether oxygens (including phenoxy) is 1. The molecule has 0 saturated heterocycles. The van der Waals surface area contributed by atoms with Crippen LogP contribution in [0, 0.1) is 0 Å². The Labute approximate surface area is 126 Å². The van der Waals surface area contributed by atoms with Crippen LogP contribution in [-0.2, 0) is 4.79 Å². The van der Waals surface area contributed by atoms with Crippen molar-refractivity contribution in [3.63, 3.8) is 0 Å². The lowest BCUT2D eigenvalue weighted by Gasteiger charge is -2.20. The molecule has 1 heterocycles. The van der Waals surface area contributed by atoms with E-state index in [9.17, 15) is 4.79 Å². The maximum atomic E-state index is 12.2. The predicted molar refractivity (Wildman–Crippen MR) is 83.5 cm³/mol. The number of carbonyl (C=O) groups is 1. The van der Waals surface area contributed by atoms with Gasteiger partial charge in [0.05, 0.1) is 11.8 Å². The monoisotopic (exact) mass is 291 g/mol. The van der Waals surface area contributed by atoms with Gasteiger partial charge in [-0.2, -0.15) is 0 Å². The van der Waals surface area contributed by atoms with E-state index in [0.717, 1.165) is 18.5 Å². The Balaban J connectivity index is 1.95. The molecule has 1 amide bonds. The van der Waals surface area contributed by atoms with Crippen LogP contribution in [0.1, 0.15) is 46.5 Å². The van der Waals surface area contributed by atoms with Gasteiger partial charge < -0.3 is 15.4 Å². The van der Waals surface area contributed by atoms with Gasteiger partial charge in [-0.3, -0.25) is 4.79 Å². The first-order valence-electron chi connectivity index (χ1n) is 7.75. The molecule has 21 heavy (non-hydrogen) atoms. The summed E-state index contributed by atoms with van der Waals surface area (Å²) >= 11 is 0. The summed E-state index contributed by atoms with van der Waals surface area (Å²) in [5.41, 5.74) is 0.750. The standard InChI is InChI=1S/C16H25N3O2/c1-11(2)21-16-14(9-6-10-17-16)18-12(3)15(20)19-13-7-4-5-8-13/h6,9-13,18H,4-5,7-8H2,1-3H3,(H,19,20). The first-order chi connectivity index (χ1) is 10.1. The Morgan fingerprint density at radius 3 is 2.71 bits per heavy atom. The molecule has 0 spiro atoms. The van der Waals surface area contributed by atoms with Crippen LogP contribution >= 0.6 is 0 Å². The van der Waals surface area contributed by atoms with Gasteiger partial charge in [0.1, 0.15) is 6.04 Å². The Hall–Kier alpha value is -1.78. The van der Waals surface area contributed by atoms with Gasteiger partial charge in [0.25, 0.3) is 0 Å². The quantitative estimate of drug-likeness (QED) is 0.846. The number of nitrogens with zero attached hydrogens (tertiary/aromatic N) is 1. The molecular formula is C16H25N3O2. The third-order valence-electron chi connectivity index (χ3n) is 3.59. The van der Waals surface area contributed by atoms with Crippen molar-refractivity contribution >= 4 is 11.6 Å². The normalized spacial score (nSPS) is 16.8. The Morgan fingerprint density at radius 1 is 1.33 bits per heavy atom. The Kier molecular flexibility index (Phi) is 5.42. The highest BCUT2D eigenvalue weighted by Crippen LogP contribution is 2.23. The molecule has 1 aromatic heterocycles. The van der Waals surface area contributed by atoms with Gasteiger partial charge in [0.2, 0.25) is 11.8 Å². The van der Waals surface area contributed by atoms with Crippen LogP contribution in [0.5, 0.6) is 5.88 Å². The molecule has 5 nitrogen and oxygen atoms in total. The largest absolute Gasteiger partial charge is 0.473 e. The Bertz CT molecular complexity index is 470. The van der Waals surface area contributed by atoms with E-state index in [1.165, 1.54) is 12.8 Å². The molecule has 1 fully saturated rings. The van der Waals surface area contributed by atoms with Crippen LogP contribution in [0.3, 0.4) is 0 Å². The van der Waals surface area contributed by atoms with Crippen molar-refractivity contribution in [1.29, 1.82) is 0 Å². The van der Waals surface area contributed by atoms with Crippen molar-refractivity contribution < 1.29 is 9.53 Å². The number of amides is 1. The molecule has 1 aliphatic rings. The van der Waals surface area contributed by atoms with Crippen molar-refractivity contribution in [1.82, 2.24) is 10.3 Å². The average molecular weight is 291 g/mol. The number of carbonyl (C=O) groups excluding carboxylic acids is 1. The summed E-state index contributed by atoms with van der Waals surface area (Å²) in [6.07, 6.45) is 6.33. The van der Waals surface area contributed by atoms with Crippen LogP contribution < -0.4 is 15.4 Å². The smallest absolute Gasteiger partial charge is 0.242 e. The van der Waals surface area contributed by atoms with Gasteiger partial charge in [0.15, 0.2) is 0 Å². The van der Waals surface area contributed by atoms with Crippen molar-refractivity contribution in [2.75, 3.05) is 5.32 Å². The fraction of sp³-hybridized carbons (Fsp3) is 0.625. The number of aromatic nitrogens is 1. The number of hydrogen-bond donors (Lipinski definition) is 2. The van der Waals surface area contributed by atoms with Crippen molar-refractivity contribution in [2.45, 2.75) is 64.6 Å². The molecule has 5 heteroatoms. The minimum atomic E-state index is -0.315. The van der Waals surface area contributed by atoms with Gasteiger partial charge in [-0.25, -0.2) is 4.98 Å². The topological polar surface area (TPSA) is 63.2 Å². The summed E-state index contributed by atoms with van der Waals surface area (Å²) in [6, 6.07) is 3.73. The van der Waals surface area contributed by atoms with Crippen LogP contribution in [0.4, 0.5) is 5.69 Å². The van der Waals surface area contributed by atoms with Crippen molar-refractivity contribution in [2.24, 2.45) is 0 Å². The summed E-state index contributed by atoms with van der Waals surface area (Å²) in [5.74, 6) is 0.564. The van der Waals surface area contributed by atoms with E-state index in [1.807, 2.05) is 32.9 Å². The minimum absolute atomic E-state index is 0.0289. The summed E-state index contributed by atoms with van der Waals surface area (Å²) in [7, 11) is 0. The minimum Gasteiger partial charge on any atom is -0.473 e. The highest BCUT2D eigenvalue weighted by atomic mass is 16.5. The molecule has 116 valence electrons. The van der Waals surface area contributed by atoms with E-state index < -0.39 is 0 Å². The van der Waals surface area contributed by atoms with E-state index in [-0.39, 0.29) is 18.1 Å². The maximum absolute atomic E-state index is 12.2. The SMILES string of the molecule is CC(C)Oc1ncccc1NC(C)C(=O)NC1CCCC1. The third kappa shape index (κ3) is 4.62. The highest BCUT2D eigenvalue weighted by molar-refractivity contribution is 5.84. The molecular weight excluding hydrogens is 266 g/mol. The number of nitrogens with one attached hydrogen (secondary N) is 2. The first kappa shape index (κ1) is 15.6. The zero-order chi connectivity index (χ0) is 15.2. The van der Waals surface area contributed by atoms with Gasteiger partial charge in [-0.05, 0) is 45.7 Å². The van der Waals surface area contributed by atoms with Gasteiger partial charge in [-0.1, -0.05) is 12.8 Å². The van der Waals surface area contributed by atoms with Crippen LogP contribution in [0.25, 0.3) is 0 Å². The molecule has 1 aliphatic carbocycles. The van der Waals surface area contributed by atoms with Crippen LogP contribution in [0.2, 0.25) is 0 Å². The van der Waals surface area contributed by atoms with Crippen LogP contribution in [-0.4, -0.2) is 29.1 Å². The lowest BCUT2D eigenvalue weighted by atomic mass is 10.2. The maximum Gasteiger partial charge on any atom is 0.242 e. The van der Waals surface area contributed by atoms with Gasteiger partial charge in [-0.15, -0.1) is 0 Å². The zero-order valence-corrected chi connectivity index (χ0v) is 13.1. The summed E-state index contributed by atoms with van der Waals surface area (Å²) < 4.78 is 5.65. The molecule has 0 radical (unpaired) electrons. The van der Waals surface area contributed by atoms with Crippen LogP contribution in [0.15, 0.2) is 18.3 Å². The molecule has 0 aliphatic heterocycles. The highest BCUT2D eigenvalue weighted by Gasteiger charge is 2.21. The Morgan fingerprint density at radius 2 is 2.05 bits per heavy atom. The molecule has 0 aromatic carbocycles. The van der Waals surface area contributed by atoms with E-state index in [4.69, 9.17) is 4.74 Å². The van der Waals surface area contributed by atoms with Gasteiger partial charge >= 0.3 is 0 Å². The summed E-state index contributed by atoms with van der Waals surface area (Å²) in [5, 5.41) is 6.29. The third-order valence-corrected chi connectivity index (χ3v) is 3.59. The average Bonchev–Trinajstić information content (AvgIpc) is 2.93. The molecule has 1 saturated carbocycles. The zero-order valence-electron chi connectivity index (χ0n) is 13.1. The number of rotatable bonds is 6. The lowest BCUT2D eigenvalue weighted by Crippen LogP contribution is -2.42. The fourth-order valence-electron chi connectivity index (χ4n) is 2.51. The van der Waals surface area contributed by atoms with E-state index in [2.05, 4.69) is 15.6 Å². The van der Waals surface area contributed by atoms with E-state index in [0.29, 0.717) is 11.9 Å². The van der Waals surface area contributed by atoms with Crippen molar-refractivity contribution in [3.05, 3.63) is 18.3 Å². The predicted octanol–water partition coefficient (Wildman–Crippen LogP) is 2.73. The second-order valence-corrected chi connectivity index (χ2v) is 5.88. The second-order valence-electron chi connectivity index (χ2n) is 5.88. The molecule has 1 aromatic rings. The fourth-order valence-corrected chi connectivity index (χ4v) is 2.51. The number of hydrogen-bond acceptors (Lipinski definition) is 4. The first-order valence-corrected chi connectivity index (χ1v) is 7.75. The lowest BCUT2D eigenvalue weighted by molar-refractivity contribution is -0.122.